The van der Waals surface area contributed by atoms with Crippen LogP contribution in [0, 0.1) is 0 Å². The number of thioether (sulfide) groups is 1. The van der Waals surface area contributed by atoms with Gasteiger partial charge in [-0.3, -0.25) is 9.59 Å². The first kappa shape index (κ1) is 31.0. The third-order valence-electron chi connectivity index (χ3n) is 6.94. The highest BCUT2D eigenvalue weighted by molar-refractivity contribution is 7.99. The zero-order valence-electron chi connectivity index (χ0n) is 23.7. The molecule has 2 heterocycles. The standard InChI is InChI=1S/C28H41ClN6O3S/c1-6-33(7-2)13-9-10-20(3)30-26(36)19-39-28-31-24(29)17-25(32-28)34-14-15-35(21(4)18-34)27(37)22-11-8-12-23(16-22)38-5/h8,11-12,16-17,20-21H,6-7,9-10,13-15,18-19H2,1-5H3,(H,30,36). The van der Waals surface area contributed by atoms with Gasteiger partial charge in [0.1, 0.15) is 16.7 Å². The maximum atomic E-state index is 13.1. The number of amides is 2. The lowest BCUT2D eigenvalue weighted by molar-refractivity contribution is -0.119. The first-order valence-electron chi connectivity index (χ1n) is 13.6. The number of halogens is 1. The molecule has 3 rings (SSSR count). The Morgan fingerprint density at radius 2 is 2.00 bits per heavy atom. The third kappa shape index (κ3) is 9.25. The van der Waals surface area contributed by atoms with Gasteiger partial charge in [-0.25, -0.2) is 9.97 Å². The van der Waals surface area contributed by atoms with Gasteiger partial charge in [0, 0.05) is 43.3 Å². The summed E-state index contributed by atoms with van der Waals surface area (Å²) >= 11 is 7.60. The van der Waals surface area contributed by atoms with Crippen LogP contribution in [0.2, 0.25) is 5.15 Å². The fraction of sp³-hybridized carbons (Fsp3) is 0.571. The van der Waals surface area contributed by atoms with E-state index in [4.69, 9.17) is 16.3 Å². The Labute approximate surface area is 241 Å². The molecular formula is C28H41ClN6O3S. The zero-order valence-corrected chi connectivity index (χ0v) is 25.2. The summed E-state index contributed by atoms with van der Waals surface area (Å²) in [6, 6.07) is 9.03. The van der Waals surface area contributed by atoms with E-state index >= 15 is 0 Å². The fourth-order valence-corrected chi connectivity index (χ4v) is 5.57. The number of methoxy groups -OCH3 is 1. The Hall–Kier alpha value is -2.56. The van der Waals surface area contributed by atoms with Crippen LogP contribution in [0.4, 0.5) is 5.82 Å². The number of aromatic nitrogens is 2. The second-order valence-electron chi connectivity index (χ2n) is 9.78. The summed E-state index contributed by atoms with van der Waals surface area (Å²) in [6.07, 6.45) is 1.99. The van der Waals surface area contributed by atoms with Crippen molar-refractivity contribution in [1.82, 2.24) is 25.1 Å². The summed E-state index contributed by atoms with van der Waals surface area (Å²) in [5.41, 5.74) is 0.606. The van der Waals surface area contributed by atoms with Crippen LogP contribution in [0.5, 0.6) is 5.75 Å². The Balaban J connectivity index is 1.52. The summed E-state index contributed by atoms with van der Waals surface area (Å²) in [6.45, 7) is 13.3. The number of hydrogen-bond donors (Lipinski definition) is 1. The molecule has 1 fully saturated rings. The monoisotopic (exact) mass is 576 g/mol. The van der Waals surface area contributed by atoms with Crippen LogP contribution in [-0.4, -0.2) is 95.8 Å². The van der Waals surface area contributed by atoms with E-state index in [1.54, 1.807) is 25.3 Å². The van der Waals surface area contributed by atoms with E-state index in [0.29, 0.717) is 47.1 Å². The van der Waals surface area contributed by atoms with Crippen LogP contribution >= 0.6 is 23.4 Å². The largest absolute Gasteiger partial charge is 0.497 e. The molecule has 1 aliphatic rings. The highest BCUT2D eigenvalue weighted by Gasteiger charge is 2.29. The highest BCUT2D eigenvalue weighted by Crippen LogP contribution is 2.25. The van der Waals surface area contributed by atoms with Crippen molar-refractivity contribution in [2.45, 2.75) is 57.8 Å². The Kier molecular flexibility index (Phi) is 12.1. The van der Waals surface area contributed by atoms with Gasteiger partial charge in [0.15, 0.2) is 5.16 Å². The van der Waals surface area contributed by atoms with E-state index in [1.807, 2.05) is 30.9 Å². The van der Waals surface area contributed by atoms with Gasteiger partial charge < -0.3 is 24.8 Å². The number of hydrogen-bond acceptors (Lipinski definition) is 8. The second kappa shape index (κ2) is 15.3. The molecule has 11 heteroatoms. The molecule has 0 radical (unpaired) electrons. The first-order chi connectivity index (χ1) is 18.7. The predicted molar refractivity (Wildman–Crippen MR) is 158 cm³/mol. The van der Waals surface area contributed by atoms with Crippen molar-refractivity contribution in [2.75, 3.05) is 57.0 Å². The van der Waals surface area contributed by atoms with E-state index in [1.165, 1.54) is 11.8 Å². The van der Waals surface area contributed by atoms with E-state index in [9.17, 15) is 9.59 Å². The second-order valence-corrected chi connectivity index (χ2v) is 11.1. The number of piperazine rings is 1. The lowest BCUT2D eigenvalue weighted by Gasteiger charge is -2.40. The van der Waals surface area contributed by atoms with E-state index in [-0.39, 0.29) is 29.7 Å². The van der Waals surface area contributed by atoms with Crippen molar-refractivity contribution < 1.29 is 14.3 Å². The molecule has 1 aromatic heterocycles. The Morgan fingerprint density at radius 1 is 1.23 bits per heavy atom. The van der Waals surface area contributed by atoms with Gasteiger partial charge in [-0.1, -0.05) is 43.3 Å². The van der Waals surface area contributed by atoms with Gasteiger partial charge in [0.05, 0.1) is 12.9 Å². The number of benzene rings is 1. The van der Waals surface area contributed by atoms with Crippen LogP contribution in [0.25, 0.3) is 0 Å². The molecule has 2 aromatic rings. The first-order valence-corrected chi connectivity index (χ1v) is 15.0. The number of nitrogens with one attached hydrogen (secondary N) is 1. The lowest BCUT2D eigenvalue weighted by atomic mass is 10.1. The van der Waals surface area contributed by atoms with Gasteiger partial charge in [-0.15, -0.1) is 0 Å². The molecule has 2 atom stereocenters. The van der Waals surface area contributed by atoms with Crippen molar-refractivity contribution in [3.63, 3.8) is 0 Å². The molecule has 1 N–H and O–H groups in total. The highest BCUT2D eigenvalue weighted by atomic mass is 35.5. The fourth-order valence-electron chi connectivity index (χ4n) is 4.68. The van der Waals surface area contributed by atoms with Crippen molar-refractivity contribution in [3.05, 3.63) is 41.0 Å². The smallest absolute Gasteiger partial charge is 0.254 e. The van der Waals surface area contributed by atoms with Crippen molar-refractivity contribution >= 4 is 41.0 Å². The molecule has 39 heavy (non-hydrogen) atoms. The quantitative estimate of drug-likeness (QED) is 0.215. The van der Waals surface area contributed by atoms with E-state index in [0.717, 1.165) is 32.5 Å². The molecule has 214 valence electrons. The predicted octanol–water partition coefficient (Wildman–Crippen LogP) is 4.21. The minimum Gasteiger partial charge on any atom is -0.497 e. The van der Waals surface area contributed by atoms with Gasteiger partial charge in [-0.2, -0.15) is 0 Å². The van der Waals surface area contributed by atoms with E-state index < -0.39 is 0 Å². The maximum absolute atomic E-state index is 13.1. The molecule has 2 unspecified atom stereocenters. The minimum absolute atomic E-state index is 0.0219. The zero-order chi connectivity index (χ0) is 28.4. The number of anilines is 1. The summed E-state index contributed by atoms with van der Waals surface area (Å²) in [4.78, 5) is 41.0. The molecule has 1 saturated heterocycles. The maximum Gasteiger partial charge on any atom is 0.254 e. The summed E-state index contributed by atoms with van der Waals surface area (Å²) in [5.74, 6) is 1.51. The number of carbonyl (C=O) groups is 2. The van der Waals surface area contributed by atoms with Crippen molar-refractivity contribution in [3.8, 4) is 5.75 Å². The molecule has 0 spiro atoms. The summed E-state index contributed by atoms with van der Waals surface area (Å²) in [7, 11) is 1.59. The number of ether oxygens (including phenoxy) is 1. The average Bonchev–Trinajstić information content (AvgIpc) is 2.93. The van der Waals surface area contributed by atoms with Crippen molar-refractivity contribution in [1.29, 1.82) is 0 Å². The van der Waals surface area contributed by atoms with Crippen LogP contribution < -0.4 is 15.0 Å². The lowest BCUT2D eigenvalue weighted by Crippen LogP contribution is -2.54. The van der Waals surface area contributed by atoms with E-state index in [2.05, 4.69) is 38.9 Å². The Morgan fingerprint density at radius 3 is 2.69 bits per heavy atom. The molecule has 0 bridgehead atoms. The Bertz CT molecular complexity index is 1100. The van der Waals surface area contributed by atoms with Gasteiger partial charge >= 0.3 is 0 Å². The van der Waals surface area contributed by atoms with Crippen LogP contribution in [-0.2, 0) is 4.79 Å². The van der Waals surface area contributed by atoms with Crippen LogP contribution in [0.1, 0.15) is 50.9 Å². The minimum atomic E-state index is -0.0428. The normalized spacial score (nSPS) is 16.3. The molecule has 1 aromatic carbocycles. The summed E-state index contributed by atoms with van der Waals surface area (Å²) < 4.78 is 5.27. The van der Waals surface area contributed by atoms with Gasteiger partial charge in [-0.05, 0) is 64.5 Å². The molecule has 1 aliphatic heterocycles. The molecule has 0 aliphatic carbocycles. The number of carbonyl (C=O) groups excluding carboxylic acids is 2. The summed E-state index contributed by atoms with van der Waals surface area (Å²) in [5, 5.41) is 3.86. The van der Waals surface area contributed by atoms with Crippen molar-refractivity contribution in [2.24, 2.45) is 0 Å². The van der Waals surface area contributed by atoms with Crippen LogP contribution in [0.3, 0.4) is 0 Å². The number of rotatable bonds is 13. The molecule has 9 nitrogen and oxygen atoms in total. The van der Waals surface area contributed by atoms with Gasteiger partial charge in [0.2, 0.25) is 5.91 Å². The topological polar surface area (TPSA) is 90.9 Å². The van der Waals surface area contributed by atoms with Crippen LogP contribution in [0.15, 0.2) is 35.5 Å². The molecule has 2 amide bonds. The third-order valence-corrected chi connectivity index (χ3v) is 7.98. The molecular weight excluding hydrogens is 536 g/mol. The SMILES string of the molecule is CCN(CC)CCCC(C)NC(=O)CSc1nc(Cl)cc(N2CCN(C(=O)c3cccc(OC)c3)C(C)C2)n1. The average molecular weight is 577 g/mol. The van der Waals surface area contributed by atoms with Gasteiger partial charge in [0.25, 0.3) is 5.91 Å². The number of nitrogens with zero attached hydrogens (tertiary/aromatic N) is 5. The molecule has 0 saturated carbocycles.